The van der Waals surface area contributed by atoms with Crippen LogP contribution in [0.15, 0.2) is 36.5 Å². The lowest BCUT2D eigenvalue weighted by Gasteiger charge is -2.35. The number of alkyl halides is 4. The molecular formula is C29H34F4N4O2. The Morgan fingerprint density at radius 1 is 1.13 bits per heavy atom. The van der Waals surface area contributed by atoms with Crippen LogP contribution in [0, 0.1) is 5.92 Å². The lowest BCUT2D eigenvalue weighted by atomic mass is 9.76. The Morgan fingerprint density at radius 3 is 2.67 bits per heavy atom. The smallest absolute Gasteiger partial charge is 0.422 e. The molecule has 210 valence electrons. The molecule has 3 heterocycles. The van der Waals surface area contributed by atoms with Crippen molar-refractivity contribution in [2.45, 2.75) is 63.2 Å². The molecule has 39 heavy (non-hydrogen) atoms. The fourth-order valence-electron chi connectivity index (χ4n) is 5.84. The molecule has 1 fully saturated rings. The van der Waals surface area contributed by atoms with Crippen LogP contribution in [0.1, 0.15) is 60.1 Å². The summed E-state index contributed by atoms with van der Waals surface area (Å²) in [6.45, 7) is 0.685. The molecule has 0 spiro atoms. The van der Waals surface area contributed by atoms with Gasteiger partial charge in [-0.05, 0) is 56.1 Å². The normalized spacial score (nSPS) is 22.4. The van der Waals surface area contributed by atoms with Crippen LogP contribution in [0.3, 0.4) is 0 Å². The number of nitrogens with zero attached hydrogens (tertiary/aromatic N) is 4. The van der Waals surface area contributed by atoms with Gasteiger partial charge in [-0.1, -0.05) is 18.2 Å². The van der Waals surface area contributed by atoms with E-state index in [0.29, 0.717) is 70.0 Å². The molecule has 5 rings (SSSR count). The monoisotopic (exact) mass is 546 g/mol. The van der Waals surface area contributed by atoms with Gasteiger partial charge in [-0.2, -0.15) is 18.3 Å². The molecule has 0 radical (unpaired) electrons. The number of ketones is 1. The van der Waals surface area contributed by atoms with Crippen LogP contribution >= 0.6 is 0 Å². The van der Waals surface area contributed by atoms with E-state index in [-0.39, 0.29) is 17.6 Å². The molecule has 0 bridgehead atoms. The van der Waals surface area contributed by atoms with Gasteiger partial charge in [0.25, 0.3) is 0 Å². The van der Waals surface area contributed by atoms with E-state index < -0.39 is 18.5 Å². The Kier molecular flexibility index (Phi) is 7.94. The van der Waals surface area contributed by atoms with Crippen molar-refractivity contribution in [2.24, 2.45) is 13.0 Å². The molecule has 0 saturated heterocycles. The molecule has 1 aromatic carbocycles. The van der Waals surface area contributed by atoms with E-state index in [1.54, 1.807) is 10.7 Å². The van der Waals surface area contributed by atoms with E-state index in [4.69, 9.17) is 4.74 Å². The summed E-state index contributed by atoms with van der Waals surface area (Å²) in [5.74, 6) is 0.224. The third-order valence-corrected chi connectivity index (χ3v) is 8.09. The molecule has 0 atom stereocenters. The summed E-state index contributed by atoms with van der Waals surface area (Å²) in [7, 11) is 1.84. The minimum atomic E-state index is -4.41. The van der Waals surface area contributed by atoms with Gasteiger partial charge in [0.05, 0.1) is 0 Å². The number of benzene rings is 1. The van der Waals surface area contributed by atoms with E-state index in [9.17, 15) is 18.0 Å². The molecule has 3 aromatic rings. The predicted octanol–water partition coefficient (Wildman–Crippen LogP) is 5.87. The first-order chi connectivity index (χ1) is 18.6. The zero-order valence-corrected chi connectivity index (χ0v) is 22.1. The maximum atomic E-state index is 15.7. The summed E-state index contributed by atoms with van der Waals surface area (Å²) in [5, 5.41) is 5.38. The highest BCUT2D eigenvalue weighted by Gasteiger charge is 2.36. The van der Waals surface area contributed by atoms with Crippen molar-refractivity contribution >= 4 is 16.7 Å². The number of fused-ring (bicyclic) bond motifs is 2. The second-order valence-corrected chi connectivity index (χ2v) is 11.0. The number of carbonyl (C=O) groups is 1. The van der Waals surface area contributed by atoms with Gasteiger partial charge < -0.3 is 9.64 Å². The summed E-state index contributed by atoms with van der Waals surface area (Å²) in [4.78, 5) is 19.5. The maximum absolute atomic E-state index is 15.7. The van der Waals surface area contributed by atoms with Crippen LogP contribution in [-0.4, -0.2) is 63.5 Å². The Labute approximate surface area is 225 Å². The quantitative estimate of drug-likeness (QED) is 0.261. The topological polar surface area (TPSA) is 60.2 Å². The number of aryl methyl sites for hydroxylation is 1. The molecule has 10 heteroatoms. The number of hydrogen-bond acceptors (Lipinski definition) is 5. The highest BCUT2D eigenvalue weighted by Crippen LogP contribution is 2.39. The van der Waals surface area contributed by atoms with Crippen molar-refractivity contribution in [3.05, 3.63) is 53.3 Å². The SMILES string of the molecule is Cn1cc2cccc(C(=O)CC3CCC(F)(CCN4CCc5ccc(OCC(F)(F)F)nc5CC4)CC3)c2n1. The first-order valence-corrected chi connectivity index (χ1v) is 13.6. The number of carbonyl (C=O) groups excluding carboxylic acids is 1. The van der Waals surface area contributed by atoms with Gasteiger partial charge in [0, 0.05) is 68.4 Å². The van der Waals surface area contributed by atoms with Crippen molar-refractivity contribution in [3.8, 4) is 5.88 Å². The lowest BCUT2D eigenvalue weighted by Crippen LogP contribution is -2.36. The van der Waals surface area contributed by atoms with E-state index in [0.717, 1.165) is 28.7 Å². The maximum Gasteiger partial charge on any atom is 0.422 e. The second kappa shape index (κ2) is 11.2. The van der Waals surface area contributed by atoms with Crippen LogP contribution in [0.25, 0.3) is 10.9 Å². The molecule has 1 aliphatic carbocycles. The fraction of sp³-hybridized carbons (Fsp3) is 0.552. The van der Waals surface area contributed by atoms with E-state index in [1.807, 2.05) is 31.4 Å². The van der Waals surface area contributed by atoms with Crippen molar-refractivity contribution in [3.63, 3.8) is 0 Å². The van der Waals surface area contributed by atoms with Crippen molar-refractivity contribution in [1.82, 2.24) is 19.7 Å². The van der Waals surface area contributed by atoms with Crippen LogP contribution in [0.4, 0.5) is 17.6 Å². The summed E-state index contributed by atoms with van der Waals surface area (Å²) in [6, 6.07) is 8.91. The number of rotatable bonds is 8. The van der Waals surface area contributed by atoms with Gasteiger partial charge in [-0.15, -0.1) is 0 Å². The Hall–Kier alpha value is -3.01. The molecule has 1 aliphatic heterocycles. The third kappa shape index (κ3) is 6.96. The van der Waals surface area contributed by atoms with Crippen LogP contribution < -0.4 is 4.74 Å². The van der Waals surface area contributed by atoms with Gasteiger partial charge in [0.1, 0.15) is 11.2 Å². The summed E-state index contributed by atoms with van der Waals surface area (Å²) in [5.41, 5.74) is 1.87. The summed E-state index contributed by atoms with van der Waals surface area (Å²) >= 11 is 0. The van der Waals surface area contributed by atoms with Gasteiger partial charge >= 0.3 is 6.18 Å². The third-order valence-electron chi connectivity index (χ3n) is 8.09. The number of hydrogen-bond donors (Lipinski definition) is 0. The average Bonchev–Trinajstić information content (AvgIpc) is 3.16. The molecule has 6 nitrogen and oxygen atoms in total. The number of pyridine rings is 1. The van der Waals surface area contributed by atoms with Gasteiger partial charge in [-0.3, -0.25) is 9.48 Å². The van der Waals surface area contributed by atoms with Gasteiger partial charge in [-0.25, -0.2) is 9.37 Å². The predicted molar refractivity (Wildman–Crippen MR) is 140 cm³/mol. The zero-order chi connectivity index (χ0) is 27.6. The zero-order valence-electron chi connectivity index (χ0n) is 22.1. The average molecular weight is 547 g/mol. The molecular weight excluding hydrogens is 512 g/mol. The molecule has 0 amide bonds. The number of ether oxygens (including phenoxy) is 1. The molecule has 1 saturated carbocycles. The first-order valence-electron chi connectivity index (χ1n) is 13.6. The highest BCUT2D eigenvalue weighted by atomic mass is 19.4. The minimum absolute atomic E-state index is 0.0193. The minimum Gasteiger partial charge on any atom is -0.468 e. The highest BCUT2D eigenvalue weighted by molar-refractivity contribution is 6.06. The number of halogens is 4. The largest absolute Gasteiger partial charge is 0.468 e. The lowest BCUT2D eigenvalue weighted by molar-refractivity contribution is -0.154. The van der Waals surface area contributed by atoms with Crippen LogP contribution in [0.5, 0.6) is 5.88 Å². The second-order valence-electron chi connectivity index (χ2n) is 11.0. The Morgan fingerprint density at radius 2 is 1.90 bits per heavy atom. The summed E-state index contributed by atoms with van der Waals surface area (Å²) < 4.78 is 59.6. The van der Waals surface area contributed by atoms with Crippen LogP contribution in [-0.2, 0) is 19.9 Å². The molecule has 2 aromatic heterocycles. The van der Waals surface area contributed by atoms with E-state index in [1.165, 1.54) is 6.07 Å². The standard InChI is InChI=1S/C29H34F4N4O2/c1-36-18-22-3-2-4-23(27(22)35-36)25(38)17-20-7-11-28(30,12-8-20)13-16-37-14-9-21-5-6-26(34-24(21)10-15-37)39-19-29(31,32)33/h2-6,18,20H,7-17,19H2,1H3. The van der Waals surface area contributed by atoms with Crippen molar-refractivity contribution < 1.29 is 27.1 Å². The van der Waals surface area contributed by atoms with Gasteiger partial charge in [0.2, 0.25) is 5.88 Å². The Bertz CT molecular complexity index is 1310. The van der Waals surface area contributed by atoms with E-state index >= 15 is 4.39 Å². The molecule has 2 aliphatic rings. The van der Waals surface area contributed by atoms with Gasteiger partial charge in [0.15, 0.2) is 12.4 Å². The number of aromatic nitrogens is 3. The van der Waals surface area contributed by atoms with E-state index in [2.05, 4.69) is 15.0 Å². The molecule has 0 unspecified atom stereocenters. The van der Waals surface area contributed by atoms with Crippen LogP contribution in [0.2, 0.25) is 0 Å². The first kappa shape index (κ1) is 27.6. The summed E-state index contributed by atoms with van der Waals surface area (Å²) in [6.07, 6.45) is 1.93. The number of Topliss-reactive ketones (excluding diaryl/α,β-unsaturated/α-hetero) is 1. The molecule has 0 N–H and O–H groups in total. The Balaban J connectivity index is 1.09. The fourth-order valence-corrected chi connectivity index (χ4v) is 5.84. The van der Waals surface area contributed by atoms with Crippen molar-refractivity contribution in [2.75, 3.05) is 26.2 Å². The van der Waals surface area contributed by atoms with Crippen molar-refractivity contribution in [1.29, 1.82) is 0 Å².